The number of halogens is 1. The Morgan fingerprint density at radius 2 is 2.10 bits per heavy atom. The molecule has 2 aromatic carbocycles. The summed E-state index contributed by atoms with van der Waals surface area (Å²) < 4.78 is 16.1. The molecule has 2 heterocycles. The highest BCUT2D eigenvalue weighted by molar-refractivity contribution is 6.31. The van der Waals surface area contributed by atoms with E-state index in [9.17, 15) is 4.79 Å². The van der Waals surface area contributed by atoms with Crippen LogP contribution in [0.5, 0.6) is 11.5 Å². The number of carbonyl (C=O) groups is 1. The van der Waals surface area contributed by atoms with Gasteiger partial charge in [0.1, 0.15) is 17.5 Å². The second-order valence-electron chi connectivity index (χ2n) is 6.81. The van der Waals surface area contributed by atoms with Crippen molar-refractivity contribution in [2.75, 3.05) is 26.1 Å². The minimum Gasteiger partial charge on any atom is -0.497 e. The van der Waals surface area contributed by atoms with E-state index in [1.807, 2.05) is 24.3 Å². The average Bonchev–Trinajstić information content (AvgIpc) is 3.43. The summed E-state index contributed by atoms with van der Waals surface area (Å²) in [6.45, 7) is 0.580. The molecule has 8 nitrogen and oxygen atoms in total. The number of hydrogen-bond acceptors (Lipinski definition) is 6. The van der Waals surface area contributed by atoms with Crippen LogP contribution in [0.25, 0.3) is 11.4 Å². The van der Waals surface area contributed by atoms with Crippen molar-refractivity contribution in [2.24, 2.45) is 0 Å². The molecule has 3 aromatic rings. The van der Waals surface area contributed by atoms with Crippen LogP contribution in [0.2, 0.25) is 5.02 Å². The first-order chi connectivity index (χ1) is 14.6. The van der Waals surface area contributed by atoms with Crippen molar-refractivity contribution in [3.63, 3.8) is 0 Å². The zero-order chi connectivity index (χ0) is 21.1. The van der Waals surface area contributed by atoms with Crippen LogP contribution in [0.15, 0.2) is 47.0 Å². The third-order valence-electron chi connectivity index (χ3n) is 4.97. The lowest BCUT2D eigenvalue weighted by atomic mass is 10.2. The van der Waals surface area contributed by atoms with E-state index in [1.165, 1.54) is 7.11 Å². The van der Waals surface area contributed by atoms with E-state index in [0.29, 0.717) is 40.5 Å². The number of aromatic nitrogens is 2. The Morgan fingerprint density at radius 1 is 1.23 bits per heavy atom. The Hall–Kier alpha value is -3.26. The maximum absolute atomic E-state index is 12.9. The fourth-order valence-electron chi connectivity index (χ4n) is 3.48. The van der Waals surface area contributed by atoms with Gasteiger partial charge in [-0.25, -0.2) is 4.79 Å². The molecule has 1 N–H and O–H groups in total. The summed E-state index contributed by atoms with van der Waals surface area (Å²) in [6.07, 6.45) is 1.57. The third-order valence-corrected chi connectivity index (χ3v) is 5.21. The quantitative estimate of drug-likeness (QED) is 0.629. The van der Waals surface area contributed by atoms with Gasteiger partial charge in [-0.05, 0) is 43.2 Å². The fourth-order valence-corrected chi connectivity index (χ4v) is 3.65. The Morgan fingerprint density at radius 3 is 2.90 bits per heavy atom. The molecule has 1 aromatic heterocycles. The zero-order valence-electron chi connectivity index (χ0n) is 16.6. The highest BCUT2D eigenvalue weighted by Gasteiger charge is 2.34. The molecule has 0 saturated carbocycles. The highest BCUT2D eigenvalue weighted by atomic mass is 35.5. The van der Waals surface area contributed by atoms with E-state index < -0.39 is 0 Å². The normalized spacial score (nSPS) is 15.8. The first kappa shape index (κ1) is 20.0. The third kappa shape index (κ3) is 4.04. The van der Waals surface area contributed by atoms with Crippen LogP contribution in [0.1, 0.15) is 24.8 Å². The van der Waals surface area contributed by atoms with Gasteiger partial charge in [0, 0.05) is 17.1 Å². The molecule has 0 spiro atoms. The van der Waals surface area contributed by atoms with Gasteiger partial charge in [-0.2, -0.15) is 4.98 Å². The summed E-state index contributed by atoms with van der Waals surface area (Å²) in [5.41, 5.74) is 1.28. The van der Waals surface area contributed by atoms with Crippen LogP contribution in [0.3, 0.4) is 0 Å². The predicted octanol–water partition coefficient (Wildman–Crippen LogP) is 4.78. The number of amides is 2. The topological polar surface area (TPSA) is 89.7 Å². The van der Waals surface area contributed by atoms with Gasteiger partial charge in [-0.1, -0.05) is 28.9 Å². The molecule has 30 heavy (non-hydrogen) atoms. The summed E-state index contributed by atoms with van der Waals surface area (Å²) >= 11 is 6.06. The molecular formula is C21H21ClN4O4. The number of carbonyl (C=O) groups excluding carboxylic acids is 1. The Labute approximate surface area is 178 Å². The first-order valence-corrected chi connectivity index (χ1v) is 9.86. The van der Waals surface area contributed by atoms with E-state index in [4.69, 9.17) is 25.6 Å². The maximum atomic E-state index is 12.9. The molecule has 0 unspecified atom stereocenters. The molecule has 0 aliphatic carbocycles. The minimum atomic E-state index is -0.304. The minimum absolute atomic E-state index is 0.279. The number of nitrogens with one attached hydrogen (secondary N) is 1. The zero-order valence-corrected chi connectivity index (χ0v) is 17.3. The summed E-state index contributed by atoms with van der Waals surface area (Å²) in [5.74, 6) is 2.09. The molecule has 9 heteroatoms. The Bertz CT molecular complexity index is 1050. The lowest BCUT2D eigenvalue weighted by Gasteiger charge is -2.23. The van der Waals surface area contributed by atoms with Gasteiger partial charge < -0.3 is 24.2 Å². The second kappa shape index (κ2) is 8.62. The van der Waals surface area contributed by atoms with Gasteiger partial charge in [-0.15, -0.1) is 0 Å². The molecule has 156 valence electrons. The number of nitrogens with zero attached hydrogens (tertiary/aromatic N) is 3. The fraction of sp³-hybridized carbons (Fsp3) is 0.286. The Balaban J connectivity index is 1.53. The monoisotopic (exact) mass is 428 g/mol. The molecular weight excluding hydrogens is 408 g/mol. The summed E-state index contributed by atoms with van der Waals surface area (Å²) in [7, 11) is 3.14. The van der Waals surface area contributed by atoms with Crippen LogP contribution in [0, 0.1) is 0 Å². The van der Waals surface area contributed by atoms with Crippen molar-refractivity contribution in [2.45, 2.75) is 18.9 Å². The summed E-state index contributed by atoms with van der Waals surface area (Å²) in [4.78, 5) is 19.2. The van der Waals surface area contributed by atoms with Gasteiger partial charge in [-0.3, -0.25) is 0 Å². The Kier molecular flexibility index (Phi) is 5.76. The largest absolute Gasteiger partial charge is 0.497 e. The van der Waals surface area contributed by atoms with Crippen LogP contribution in [-0.4, -0.2) is 41.8 Å². The van der Waals surface area contributed by atoms with Crippen LogP contribution >= 0.6 is 11.6 Å². The molecule has 1 aliphatic rings. The lowest BCUT2D eigenvalue weighted by Crippen LogP contribution is -2.34. The smallest absolute Gasteiger partial charge is 0.322 e. The van der Waals surface area contributed by atoms with E-state index in [0.717, 1.165) is 18.4 Å². The first-order valence-electron chi connectivity index (χ1n) is 9.48. The maximum Gasteiger partial charge on any atom is 0.322 e. The molecule has 1 saturated heterocycles. The summed E-state index contributed by atoms with van der Waals surface area (Å²) in [5, 5.41) is 7.46. The number of rotatable bonds is 5. The average molecular weight is 429 g/mol. The number of hydrogen-bond donors (Lipinski definition) is 1. The molecule has 0 radical (unpaired) electrons. The van der Waals surface area contributed by atoms with Gasteiger partial charge in [0.15, 0.2) is 0 Å². The molecule has 1 aliphatic heterocycles. The van der Waals surface area contributed by atoms with Crippen molar-refractivity contribution >= 4 is 23.3 Å². The highest BCUT2D eigenvalue weighted by Crippen LogP contribution is 2.34. The number of ether oxygens (including phenoxy) is 2. The lowest BCUT2D eigenvalue weighted by molar-refractivity contribution is 0.193. The molecule has 2 amide bonds. The number of methoxy groups -OCH3 is 2. The van der Waals surface area contributed by atoms with E-state index in [2.05, 4.69) is 15.5 Å². The van der Waals surface area contributed by atoms with Crippen LogP contribution in [-0.2, 0) is 0 Å². The number of anilines is 1. The molecule has 1 atom stereocenters. The van der Waals surface area contributed by atoms with Crippen molar-refractivity contribution in [3.8, 4) is 22.9 Å². The summed E-state index contributed by atoms with van der Waals surface area (Å²) in [6, 6.07) is 11.9. The van der Waals surface area contributed by atoms with Gasteiger partial charge >= 0.3 is 6.03 Å². The molecule has 4 rings (SSSR count). The number of benzene rings is 2. The van der Waals surface area contributed by atoms with E-state index >= 15 is 0 Å². The van der Waals surface area contributed by atoms with Crippen molar-refractivity contribution in [3.05, 3.63) is 53.4 Å². The van der Waals surface area contributed by atoms with Crippen LogP contribution < -0.4 is 14.8 Å². The van der Waals surface area contributed by atoms with Crippen molar-refractivity contribution in [1.82, 2.24) is 15.0 Å². The standard InChI is InChI=1S/C21H21ClN4O4/c1-28-15-6-3-5-13(11-15)19-24-20(30-25-19)17-7-4-10-26(17)21(27)23-16-12-14(22)8-9-18(16)29-2/h3,5-6,8-9,11-12,17H,4,7,10H2,1-2H3,(H,23,27)/t17-/m1/s1. The van der Waals surface area contributed by atoms with Crippen LogP contribution in [0.4, 0.5) is 10.5 Å². The number of urea groups is 1. The predicted molar refractivity (Wildman–Crippen MR) is 112 cm³/mol. The van der Waals surface area contributed by atoms with E-state index in [-0.39, 0.29) is 12.1 Å². The molecule has 0 bridgehead atoms. The van der Waals surface area contributed by atoms with E-state index in [1.54, 1.807) is 30.2 Å². The van der Waals surface area contributed by atoms with Gasteiger partial charge in [0.2, 0.25) is 11.7 Å². The SMILES string of the molecule is COc1cccc(-c2noc([C@H]3CCCN3C(=O)Nc3cc(Cl)ccc3OC)n2)c1. The van der Waals surface area contributed by atoms with Crippen molar-refractivity contribution < 1.29 is 18.8 Å². The second-order valence-corrected chi connectivity index (χ2v) is 7.25. The molecule has 1 fully saturated rings. The number of likely N-dealkylation sites (tertiary alicyclic amines) is 1. The van der Waals surface area contributed by atoms with Gasteiger partial charge in [0.05, 0.1) is 19.9 Å². The van der Waals surface area contributed by atoms with Crippen molar-refractivity contribution in [1.29, 1.82) is 0 Å². The van der Waals surface area contributed by atoms with Gasteiger partial charge in [0.25, 0.3) is 0 Å².